The molecule has 0 bridgehead atoms. The van der Waals surface area contributed by atoms with Crippen LogP contribution in [-0.2, 0) is 15.9 Å². The molecule has 0 N–H and O–H groups in total. The molecule has 1 spiro atoms. The van der Waals surface area contributed by atoms with E-state index in [4.69, 9.17) is 25.6 Å². The van der Waals surface area contributed by atoms with Crippen LogP contribution in [0.2, 0.25) is 5.15 Å². The fourth-order valence-corrected chi connectivity index (χ4v) is 4.69. The standard InChI is InChI=1S/C20H20BrClN4O3/c1-2-15-24-19(29-25-15)16-17(13-11-12(21)3-4-14(13)23-18(16)22)26-7-5-20(6-8-26)27-9-10-28-20/h3-4,11H,2,5-10H2,1H3. The SMILES string of the molecule is CCc1noc(-c2c(Cl)nc3ccc(Br)cc3c2N2CCC3(CC2)OCCO3)n1. The monoisotopic (exact) mass is 478 g/mol. The number of aromatic nitrogens is 3. The molecule has 7 nitrogen and oxygen atoms in total. The van der Waals surface area contributed by atoms with Gasteiger partial charge >= 0.3 is 0 Å². The molecule has 1 aromatic carbocycles. The van der Waals surface area contributed by atoms with E-state index in [2.05, 4.69) is 42.0 Å². The maximum absolute atomic E-state index is 6.65. The van der Waals surface area contributed by atoms with Crippen LogP contribution in [0.3, 0.4) is 0 Å². The molecule has 2 aromatic heterocycles. The molecular formula is C20H20BrClN4O3. The summed E-state index contributed by atoms with van der Waals surface area (Å²) in [4.78, 5) is 11.4. The number of aryl methyl sites for hydroxylation is 1. The third-order valence-electron chi connectivity index (χ3n) is 5.53. The summed E-state index contributed by atoms with van der Waals surface area (Å²) in [7, 11) is 0. The Labute approximate surface area is 181 Å². The smallest absolute Gasteiger partial charge is 0.263 e. The number of pyridine rings is 1. The number of benzene rings is 1. The zero-order valence-electron chi connectivity index (χ0n) is 16.0. The molecule has 0 atom stereocenters. The normalized spacial score (nSPS) is 18.8. The molecule has 2 aliphatic rings. The second-order valence-corrected chi connectivity index (χ2v) is 8.53. The zero-order chi connectivity index (χ0) is 20.0. The minimum atomic E-state index is -0.455. The maximum atomic E-state index is 6.65. The number of anilines is 1. The predicted molar refractivity (Wildman–Crippen MR) is 113 cm³/mol. The fraction of sp³-hybridized carbons (Fsp3) is 0.450. The fourth-order valence-electron chi connectivity index (χ4n) is 4.06. The summed E-state index contributed by atoms with van der Waals surface area (Å²) >= 11 is 10.2. The van der Waals surface area contributed by atoms with Crippen molar-refractivity contribution in [2.24, 2.45) is 0 Å². The van der Waals surface area contributed by atoms with E-state index in [1.807, 2.05) is 19.1 Å². The van der Waals surface area contributed by atoms with Crippen LogP contribution in [-0.4, -0.2) is 47.2 Å². The van der Waals surface area contributed by atoms with Gasteiger partial charge in [-0.2, -0.15) is 4.98 Å². The summed E-state index contributed by atoms with van der Waals surface area (Å²) in [6, 6.07) is 5.97. The lowest BCUT2D eigenvalue weighted by atomic mass is 10.00. The van der Waals surface area contributed by atoms with Crippen molar-refractivity contribution in [3.8, 4) is 11.5 Å². The number of ether oxygens (including phenoxy) is 2. The number of halogens is 2. The summed E-state index contributed by atoms with van der Waals surface area (Å²) in [5.74, 6) is 0.579. The van der Waals surface area contributed by atoms with Gasteiger partial charge in [0.15, 0.2) is 11.6 Å². The van der Waals surface area contributed by atoms with Crippen LogP contribution < -0.4 is 4.90 Å². The van der Waals surface area contributed by atoms with Crippen molar-refractivity contribution in [3.63, 3.8) is 0 Å². The van der Waals surface area contributed by atoms with Gasteiger partial charge in [0.25, 0.3) is 5.89 Å². The lowest BCUT2D eigenvalue weighted by molar-refractivity contribution is -0.169. The molecule has 2 saturated heterocycles. The first-order valence-corrected chi connectivity index (χ1v) is 10.9. The number of rotatable bonds is 3. The van der Waals surface area contributed by atoms with E-state index in [1.54, 1.807) is 0 Å². The Hall–Kier alpha value is -1.74. The molecule has 9 heteroatoms. The van der Waals surface area contributed by atoms with Crippen LogP contribution in [0, 0.1) is 0 Å². The lowest BCUT2D eigenvalue weighted by Crippen LogP contribution is -2.45. The Kier molecular flexibility index (Phi) is 4.98. The Bertz CT molecular complexity index is 1060. The first-order valence-electron chi connectivity index (χ1n) is 9.73. The number of hydrogen-bond acceptors (Lipinski definition) is 7. The van der Waals surface area contributed by atoms with Crippen molar-refractivity contribution in [1.29, 1.82) is 0 Å². The third-order valence-corrected chi connectivity index (χ3v) is 6.30. The van der Waals surface area contributed by atoms with Crippen LogP contribution in [0.25, 0.3) is 22.4 Å². The molecule has 5 rings (SSSR count). The molecule has 152 valence electrons. The van der Waals surface area contributed by atoms with Crippen molar-refractivity contribution >= 4 is 44.1 Å². The van der Waals surface area contributed by atoms with Gasteiger partial charge in [0.2, 0.25) is 0 Å². The molecule has 0 saturated carbocycles. The van der Waals surface area contributed by atoms with E-state index < -0.39 is 5.79 Å². The highest BCUT2D eigenvalue weighted by Crippen LogP contribution is 2.43. The van der Waals surface area contributed by atoms with Crippen molar-refractivity contribution in [3.05, 3.63) is 33.6 Å². The van der Waals surface area contributed by atoms with Crippen LogP contribution in [0.15, 0.2) is 27.2 Å². The van der Waals surface area contributed by atoms with Crippen molar-refractivity contribution in [2.45, 2.75) is 32.0 Å². The van der Waals surface area contributed by atoms with Gasteiger partial charge in [-0.1, -0.05) is 39.6 Å². The highest BCUT2D eigenvalue weighted by Gasteiger charge is 2.41. The molecule has 0 aliphatic carbocycles. The van der Waals surface area contributed by atoms with Gasteiger partial charge in [-0.3, -0.25) is 0 Å². The van der Waals surface area contributed by atoms with Gasteiger partial charge in [0.1, 0.15) is 10.7 Å². The van der Waals surface area contributed by atoms with Crippen LogP contribution in [0.5, 0.6) is 0 Å². The van der Waals surface area contributed by atoms with E-state index in [1.165, 1.54) is 0 Å². The highest BCUT2D eigenvalue weighted by atomic mass is 79.9. The second kappa shape index (κ2) is 7.50. The first kappa shape index (κ1) is 19.2. The summed E-state index contributed by atoms with van der Waals surface area (Å²) < 4.78 is 18.3. The third kappa shape index (κ3) is 3.42. The van der Waals surface area contributed by atoms with E-state index in [0.717, 1.165) is 47.0 Å². The average Bonchev–Trinajstić information content (AvgIpc) is 3.38. The van der Waals surface area contributed by atoms with E-state index in [9.17, 15) is 0 Å². The Morgan fingerprint density at radius 1 is 1.17 bits per heavy atom. The van der Waals surface area contributed by atoms with E-state index in [0.29, 0.717) is 42.1 Å². The molecule has 0 radical (unpaired) electrons. The first-order chi connectivity index (χ1) is 14.1. The van der Waals surface area contributed by atoms with Crippen molar-refractivity contribution < 1.29 is 14.0 Å². The van der Waals surface area contributed by atoms with Crippen LogP contribution >= 0.6 is 27.5 Å². The van der Waals surface area contributed by atoms with Gasteiger partial charge in [0.05, 0.1) is 24.4 Å². The summed E-state index contributed by atoms with van der Waals surface area (Å²) in [6.07, 6.45) is 2.25. The topological polar surface area (TPSA) is 73.5 Å². The summed E-state index contributed by atoms with van der Waals surface area (Å²) in [5, 5.41) is 5.40. The van der Waals surface area contributed by atoms with Gasteiger partial charge in [0, 0.05) is 42.2 Å². The largest absolute Gasteiger partial charge is 0.370 e. The Morgan fingerprint density at radius 3 is 2.62 bits per heavy atom. The number of hydrogen-bond donors (Lipinski definition) is 0. The van der Waals surface area contributed by atoms with Crippen molar-refractivity contribution in [1.82, 2.24) is 15.1 Å². The molecule has 0 amide bonds. The average molecular weight is 480 g/mol. The summed E-state index contributed by atoms with van der Waals surface area (Å²) in [6.45, 7) is 4.83. The molecule has 0 unspecified atom stereocenters. The Balaban J connectivity index is 1.65. The van der Waals surface area contributed by atoms with E-state index in [-0.39, 0.29) is 0 Å². The molecule has 2 aliphatic heterocycles. The van der Waals surface area contributed by atoms with Crippen molar-refractivity contribution in [2.75, 3.05) is 31.2 Å². The minimum Gasteiger partial charge on any atom is -0.370 e. The highest BCUT2D eigenvalue weighted by molar-refractivity contribution is 9.10. The second-order valence-electron chi connectivity index (χ2n) is 7.25. The summed E-state index contributed by atoms with van der Waals surface area (Å²) in [5.41, 5.74) is 2.45. The lowest BCUT2D eigenvalue weighted by Gasteiger charge is -2.39. The van der Waals surface area contributed by atoms with Gasteiger partial charge in [-0.05, 0) is 18.2 Å². The number of nitrogens with zero attached hydrogens (tertiary/aromatic N) is 4. The minimum absolute atomic E-state index is 0.356. The molecular weight excluding hydrogens is 460 g/mol. The number of fused-ring (bicyclic) bond motifs is 1. The van der Waals surface area contributed by atoms with Gasteiger partial charge < -0.3 is 18.9 Å². The van der Waals surface area contributed by atoms with Crippen LogP contribution in [0.4, 0.5) is 5.69 Å². The van der Waals surface area contributed by atoms with Gasteiger partial charge in [-0.25, -0.2) is 4.98 Å². The van der Waals surface area contributed by atoms with E-state index >= 15 is 0 Å². The molecule has 4 heterocycles. The zero-order valence-corrected chi connectivity index (χ0v) is 18.3. The molecule has 3 aromatic rings. The maximum Gasteiger partial charge on any atom is 0.263 e. The predicted octanol–water partition coefficient (Wildman–Crippen LogP) is 4.61. The number of piperidine rings is 1. The Morgan fingerprint density at radius 2 is 1.93 bits per heavy atom. The van der Waals surface area contributed by atoms with Crippen LogP contribution in [0.1, 0.15) is 25.6 Å². The molecule has 29 heavy (non-hydrogen) atoms. The molecule has 2 fully saturated rings. The quantitative estimate of drug-likeness (QED) is 0.508. The van der Waals surface area contributed by atoms with Gasteiger partial charge in [-0.15, -0.1) is 0 Å².